The maximum Gasteiger partial charge on any atom is 0.134 e. The van der Waals surface area contributed by atoms with Crippen molar-refractivity contribution in [2.24, 2.45) is 0 Å². The first kappa shape index (κ1) is 15.6. The predicted molar refractivity (Wildman–Crippen MR) is 71.4 cm³/mol. The van der Waals surface area contributed by atoms with Gasteiger partial charge in [0.1, 0.15) is 5.78 Å². The third kappa shape index (κ3) is 4.34. The van der Waals surface area contributed by atoms with E-state index >= 15 is 0 Å². The molecule has 1 heterocycles. The van der Waals surface area contributed by atoms with Crippen LogP contribution in [0.3, 0.4) is 0 Å². The van der Waals surface area contributed by atoms with Crippen LogP contribution in [0.2, 0.25) is 0 Å². The smallest absolute Gasteiger partial charge is 0.134 e. The summed E-state index contributed by atoms with van der Waals surface area (Å²) in [4.78, 5) is 13.7. The quantitative estimate of drug-likeness (QED) is 0.754. The van der Waals surface area contributed by atoms with Gasteiger partial charge in [0, 0.05) is 24.9 Å². The molecule has 1 rings (SSSR count). The van der Waals surface area contributed by atoms with Crippen LogP contribution >= 0.6 is 0 Å². The molecule has 4 atom stereocenters. The van der Waals surface area contributed by atoms with E-state index in [1.165, 1.54) is 0 Å². The Balaban J connectivity index is 2.61. The van der Waals surface area contributed by atoms with Gasteiger partial charge in [-0.1, -0.05) is 13.8 Å². The van der Waals surface area contributed by atoms with Gasteiger partial charge in [0.05, 0.1) is 12.2 Å². The fourth-order valence-corrected chi connectivity index (χ4v) is 2.73. The molecule has 0 radical (unpaired) electrons. The molecule has 106 valence electrons. The van der Waals surface area contributed by atoms with Crippen molar-refractivity contribution in [1.29, 1.82) is 0 Å². The Morgan fingerprint density at radius 1 is 1.33 bits per heavy atom. The number of hydrogen-bond donors (Lipinski definition) is 2. The summed E-state index contributed by atoms with van der Waals surface area (Å²) in [5, 5.41) is 19.7. The van der Waals surface area contributed by atoms with E-state index in [2.05, 4.69) is 4.90 Å². The summed E-state index contributed by atoms with van der Waals surface area (Å²) in [5.41, 5.74) is 0. The topological polar surface area (TPSA) is 60.8 Å². The highest BCUT2D eigenvalue weighted by Crippen LogP contribution is 2.27. The van der Waals surface area contributed by atoms with Gasteiger partial charge in [0.2, 0.25) is 0 Å². The highest BCUT2D eigenvalue weighted by Gasteiger charge is 2.33. The molecule has 3 unspecified atom stereocenters. The van der Waals surface area contributed by atoms with E-state index in [0.717, 1.165) is 6.42 Å². The van der Waals surface area contributed by atoms with Crippen molar-refractivity contribution in [1.82, 2.24) is 4.90 Å². The van der Waals surface area contributed by atoms with E-state index < -0.39 is 0 Å². The maximum absolute atomic E-state index is 11.6. The van der Waals surface area contributed by atoms with E-state index in [1.807, 2.05) is 20.9 Å². The van der Waals surface area contributed by atoms with Gasteiger partial charge in [0.15, 0.2) is 0 Å². The van der Waals surface area contributed by atoms with E-state index in [-0.39, 0.29) is 30.1 Å². The van der Waals surface area contributed by atoms with Gasteiger partial charge in [-0.2, -0.15) is 0 Å². The van der Waals surface area contributed by atoms with Crippen LogP contribution < -0.4 is 0 Å². The Hall–Kier alpha value is -0.450. The first-order valence-electron chi connectivity index (χ1n) is 7.07. The number of aliphatic hydroxyl groups is 2. The SMILES string of the molecule is CCC(=O)CC1CC(O)CC(C[C@@H](O)CC)N1C. The van der Waals surface area contributed by atoms with Crippen molar-refractivity contribution in [3.63, 3.8) is 0 Å². The van der Waals surface area contributed by atoms with E-state index in [1.54, 1.807) is 0 Å². The van der Waals surface area contributed by atoms with E-state index in [4.69, 9.17) is 0 Å². The van der Waals surface area contributed by atoms with Crippen molar-refractivity contribution in [2.75, 3.05) is 7.05 Å². The summed E-state index contributed by atoms with van der Waals surface area (Å²) >= 11 is 0. The van der Waals surface area contributed by atoms with Crippen LogP contribution in [0.15, 0.2) is 0 Å². The molecule has 2 N–H and O–H groups in total. The number of rotatable bonds is 6. The maximum atomic E-state index is 11.6. The molecule has 0 spiro atoms. The standard InChI is InChI=1S/C14H27NO3/c1-4-12(16)6-10-8-14(18)9-11(15(10)3)7-13(17)5-2/h10-12,14,16,18H,4-9H2,1-3H3/t10?,11?,12-,14?/m0/s1. The van der Waals surface area contributed by atoms with Crippen molar-refractivity contribution in [2.45, 2.75) is 76.7 Å². The van der Waals surface area contributed by atoms with E-state index in [0.29, 0.717) is 32.1 Å². The van der Waals surface area contributed by atoms with Crippen LogP contribution in [-0.4, -0.2) is 52.2 Å². The molecular formula is C14H27NO3. The lowest BCUT2D eigenvalue weighted by Gasteiger charge is -2.42. The lowest BCUT2D eigenvalue weighted by atomic mass is 9.88. The summed E-state index contributed by atoms with van der Waals surface area (Å²) in [6, 6.07) is 0.300. The van der Waals surface area contributed by atoms with Crippen molar-refractivity contribution < 1.29 is 15.0 Å². The van der Waals surface area contributed by atoms with Crippen LogP contribution in [-0.2, 0) is 4.79 Å². The first-order chi connectivity index (χ1) is 8.47. The Labute approximate surface area is 110 Å². The molecule has 0 aliphatic carbocycles. The largest absolute Gasteiger partial charge is 0.393 e. The van der Waals surface area contributed by atoms with Gasteiger partial charge in [-0.15, -0.1) is 0 Å². The minimum absolute atomic E-state index is 0.121. The molecule has 1 aliphatic rings. The number of likely N-dealkylation sites (tertiary alicyclic amines) is 1. The molecule has 0 aromatic rings. The summed E-state index contributed by atoms with van der Waals surface area (Å²) in [5.74, 6) is 0.246. The molecular weight excluding hydrogens is 230 g/mol. The van der Waals surface area contributed by atoms with E-state index in [9.17, 15) is 15.0 Å². The predicted octanol–water partition coefficient (Wildman–Crippen LogP) is 1.34. The molecule has 0 saturated carbocycles. The van der Waals surface area contributed by atoms with Gasteiger partial charge < -0.3 is 10.2 Å². The van der Waals surface area contributed by atoms with Crippen LogP contribution in [0, 0.1) is 0 Å². The van der Waals surface area contributed by atoms with Gasteiger partial charge in [-0.05, 0) is 32.7 Å². The van der Waals surface area contributed by atoms with Gasteiger partial charge in [-0.25, -0.2) is 0 Å². The number of aliphatic hydroxyl groups excluding tert-OH is 2. The zero-order valence-electron chi connectivity index (χ0n) is 11.8. The van der Waals surface area contributed by atoms with Crippen LogP contribution in [0.1, 0.15) is 52.4 Å². The Kier molecular flexibility index (Phi) is 6.26. The number of carbonyl (C=O) groups is 1. The first-order valence-corrected chi connectivity index (χ1v) is 7.07. The third-order valence-corrected chi connectivity index (χ3v) is 4.11. The van der Waals surface area contributed by atoms with Gasteiger partial charge in [-0.3, -0.25) is 9.69 Å². The number of hydrogen-bond acceptors (Lipinski definition) is 4. The van der Waals surface area contributed by atoms with Crippen LogP contribution in [0.25, 0.3) is 0 Å². The molecule has 0 bridgehead atoms. The van der Waals surface area contributed by atoms with Gasteiger partial charge >= 0.3 is 0 Å². The van der Waals surface area contributed by atoms with Gasteiger partial charge in [0.25, 0.3) is 0 Å². The number of piperidine rings is 1. The average molecular weight is 257 g/mol. The summed E-state index contributed by atoms with van der Waals surface area (Å²) < 4.78 is 0. The minimum atomic E-state index is -0.343. The van der Waals surface area contributed by atoms with Crippen LogP contribution in [0.4, 0.5) is 0 Å². The fraction of sp³-hybridized carbons (Fsp3) is 0.929. The molecule has 0 amide bonds. The molecule has 1 fully saturated rings. The Morgan fingerprint density at radius 3 is 2.50 bits per heavy atom. The van der Waals surface area contributed by atoms with Crippen molar-refractivity contribution in [3.8, 4) is 0 Å². The second-order valence-electron chi connectivity index (χ2n) is 5.49. The molecule has 0 aromatic carbocycles. The monoisotopic (exact) mass is 257 g/mol. The third-order valence-electron chi connectivity index (χ3n) is 4.11. The highest BCUT2D eigenvalue weighted by molar-refractivity contribution is 5.78. The molecule has 4 nitrogen and oxygen atoms in total. The van der Waals surface area contributed by atoms with Crippen molar-refractivity contribution >= 4 is 5.78 Å². The zero-order valence-corrected chi connectivity index (χ0v) is 11.8. The fourth-order valence-electron chi connectivity index (χ4n) is 2.73. The minimum Gasteiger partial charge on any atom is -0.393 e. The lowest BCUT2D eigenvalue weighted by Crippen LogP contribution is -2.50. The summed E-state index contributed by atoms with van der Waals surface area (Å²) in [7, 11) is 2.01. The number of carbonyl (C=O) groups excluding carboxylic acids is 1. The Morgan fingerprint density at radius 2 is 1.94 bits per heavy atom. The molecule has 4 heteroatoms. The number of Topliss-reactive ketones (excluding diaryl/α,β-unsaturated/α-hetero) is 1. The summed E-state index contributed by atoms with van der Waals surface area (Å²) in [6.07, 6.45) is 3.20. The second kappa shape index (κ2) is 7.22. The highest BCUT2D eigenvalue weighted by atomic mass is 16.3. The number of ketones is 1. The molecule has 0 aromatic heterocycles. The van der Waals surface area contributed by atoms with Crippen molar-refractivity contribution in [3.05, 3.63) is 0 Å². The summed E-state index contributed by atoms with van der Waals surface area (Å²) in [6.45, 7) is 3.84. The Bertz CT molecular complexity index is 270. The average Bonchev–Trinajstić information content (AvgIpc) is 2.34. The molecule has 1 aliphatic heterocycles. The zero-order chi connectivity index (χ0) is 13.7. The van der Waals surface area contributed by atoms with Crippen LogP contribution in [0.5, 0.6) is 0 Å². The number of nitrogens with zero attached hydrogens (tertiary/aromatic N) is 1. The second-order valence-corrected chi connectivity index (χ2v) is 5.49. The molecule has 18 heavy (non-hydrogen) atoms. The molecule has 1 saturated heterocycles. The lowest BCUT2D eigenvalue weighted by molar-refractivity contribution is -0.121. The normalized spacial score (nSPS) is 31.3.